The van der Waals surface area contributed by atoms with Crippen molar-refractivity contribution in [1.29, 1.82) is 0 Å². The van der Waals surface area contributed by atoms with E-state index in [1.54, 1.807) is 0 Å². The average molecular weight is 1020 g/mol. The van der Waals surface area contributed by atoms with E-state index in [0.29, 0.717) is 0 Å². The Morgan fingerprint density at radius 2 is 1.20 bits per heavy atom. The van der Waals surface area contributed by atoms with E-state index in [4.69, 9.17) is 4.98 Å². The van der Waals surface area contributed by atoms with Gasteiger partial charge in [0.05, 0.1) is 11.0 Å². The van der Waals surface area contributed by atoms with Gasteiger partial charge in [-0.2, -0.15) is 24.3 Å². The average Bonchev–Trinajstić information content (AvgIpc) is 3.56. The smallest absolute Gasteiger partial charge is 0.374 e. The molecule has 0 bridgehead atoms. The molecule has 7 heteroatoms. The minimum atomic E-state index is 0. The zero-order valence-electron chi connectivity index (χ0n) is 30.8. The number of para-hydroxylation sites is 3. The summed E-state index contributed by atoms with van der Waals surface area (Å²) in [5.74, 6) is 0.809. The van der Waals surface area contributed by atoms with Crippen LogP contribution in [0.4, 0.5) is 0 Å². The van der Waals surface area contributed by atoms with Crippen LogP contribution < -0.4 is 0 Å². The first-order valence-electron chi connectivity index (χ1n) is 16.3. The van der Waals surface area contributed by atoms with Crippen molar-refractivity contribution in [3.63, 3.8) is 0 Å². The van der Waals surface area contributed by atoms with Crippen LogP contribution in [0.15, 0.2) is 146 Å². The number of hydrogen-bond donors (Lipinski definition) is 0. The Bertz CT molecular complexity index is 2290. The van der Waals surface area contributed by atoms with Gasteiger partial charge in [0.25, 0.3) is 0 Å². The normalized spacial score (nSPS) is 10.1. The van der Waals surface area contributed by atoms with Gasteiger partial charge < -0.3 is 33.6 Å². The van der Waals surface area contributed by atoms with Crippen LogP contribution >= 0.6 is 0 Å². The summed E-state index contributed by atoms with van der Waals surface area (Å²) in [6.45, 7) is 6.58. The second-order valence-corrected chi connectivity index (χ2v) is 12.6. The molecule has 0 unspecified atom stereocenters. The van der Waals surface area contributed by atoms with Gasteiger partial charge in [0, 0.05) is 73.1 Å². The van der Waals surface area contributed by atoms with Gasteiger partial charge in [-0.05, 0) is 46.8 Å². The van der Waals surface area contributed by atoms with E-state index in [1.807, 2.05) is 115 Å². The first-order chi connectivity index (χ1) is 23.9. The summed E-state index contributed by atoms with van der Waals surface area (Å²) < 4.78 is 2.16. The van der Waals surface area contributed by atoms with Crippen molar-refractivity contribution in [3.8, 4) is 50.6 Å². The molecule has 0 fully saturated rings. The molecule has 0 aliphatic carbocycles. The first-order valence-corrected chi connectivity index (χ1v) is 16.3. The van der Waals surface area contributed by atoms with Crippen LogP contribution in [0.5, 0.6) is 0 Å². The van der Waals surface area contributed by atoms with E-state index >= 15 is 0 Å². The molecule has 8 rings (SSSR count). The molecule has 2 heterocycles. The molecule has 261 valence electrons. The third-order valence-corrected chi connectivity index (χ3v) is 8.18. The molecule has 6 aromatic carbocycles. The van der Waals surface area contributed by atoms with E-state index < -0.39 is 0 Å². The zero-order chi connectivity index (χ0) is 33.6. The number of pyridine rings is 1. The number of rotatable bonds is 5. The van der Waals surface area contributed by atoms with Crippen LogP contribution in [0, 0.1) is 43.8 Å². The van der Waals surface area contributed by atoms with Crippen LogP contribution in [0.1, 0.15) is 26.3 Å². The van der Waals surface area contributed by atoms with E-state index in [1.165, 1.54) is 5.56 Å². The third kappa shape index (κ3) is 11.2. The van der Waals surface area contributed by atoms with E-state index in [0.717, 1.165) is 61.6 Å². The van der Waals surface area contributed by atoms with E-state index in [-0.39, 0.29) is 107 Å². The summed E-state index contributed by atoms with van der Waals surface area (Å²) in [6.07, 6.45) is 1.95. The molecular formula is C47H36BIrN3Y2-4. The van der Waals surface area contributed by atoms with Crippen LogP contribution in [0.2, 0.25) is 0 Å². The monoisotopic (exact) mass is 1020 g/mol. The van der Waals surface area contributed by atoms with E-state index in [2.05, 4.69) is 97.1 Å². The molecular weight excluding hydrogens is 987 g/mol. The fraction of sp³-hybridized carbons (Fsp3) is 0.0851. The van der Waals surface area contributed by atoms with Crippen molar-refractivity contribution in [2.45, 2.75) is 26.2 Å². The molecule has 0 saturated heterocycles. The van der Waals surface area contributed by atoms with Crippen LogP contribution in [0.3, 0.4) is 0 Å². The van der Waals surface area contributed by atoms with Crippen molar-refractivity contribution < 1.29 is 85.5 Å². The third-order valence-electron chi connectivity index (χ3n) is 8.18. The Balaban J connectivity index is 0.000000414. The molecule has 3 nitrogen and oxygen atoms in total. The van der Waals surface area contributed by atoms with Crippen LogP contribution in [-0.2, 0) is 90.9 Å². The summed E-state index contributed by atoms with van der Waals surface area (Å²) >= 11 is 0. The fourth-order valence-corrected chi connectivity index (χ4v) is 5.53. The van der Waals surface area contributed by atoms with E-state index in [9.17, 15) is 0 Å². The van der Waals surface area contributed by atoms with Crippen molar-refractivity contribution in [1.82, 2.24) is 14.5 Å². The second-order valence-electron chi connectivity index (χ2n) is 12.6. The largest absolute Gasteiger partial charge is 3.00 e. The second kappa shape index (κ2) is 21.8. The van der Waals surface area contributed by atoms with Gasteiger partial charge >= 0.3 is 32.7 Å². The van der Waals surface area contributed by atoms with Crippen molar-refractivity contribution in [2.24, 2.45) is 0 Å². The number of fused-ring (bicyclic) bond motifs is 1. The molecule has 0 spiro atoms. The Labute approximate surface area is 387 Å². The van der Waals surface area contributed by atoms with Gasteiger partial charge in [0.1, 0.15) is 0 Å². The number of nitrogens with zero attached hydrogens (tertiary/aromatic N) is 3. The number of hydrogen-bond acceptors (Lipinski definition) is 2. The topological polar surface area (TPSA) is 30.7 Å². The molecule has 0 aliphatic heterocycles. The van der Waals surface area contributed by atoms with Crippen LogP contribution in [0.25, 0.3) is 61.6 Å². The van der Waals surface area contributed by atoms with Gasteiger partial charge in [-0.3, -0.25) is 23.3 Å². The van der Waals surface area contributed by atoms with Gasteiger partial charge in [-0.25, -0.2) is 41.5 Å². The molecule has 0 N–H and O–H groups in total. The molecule has 0 amide bonds. The van der Waals surface area contributed by atoms with Gasteiger partial charge in [0.15, 0.2) is 0 Å². The minimum absolute atomic E-state index is 0. The molecule has 54 heavy (non-hydrogen) atoms. The predicted octanol–water partition coefficient (Wildman–Crippen LogP) is 10.9. The molecule has 0 atom stereocenters. The molecule has 5 radical (unpaired) electrons. The maximum atomic E-state index is 4.93. The van der Waals surface area contributed by atoms with Crippen molar-refractivity contribution in [3.05, 3.63) is 195 Å². The quantitative estimate of drug-likeness (QED) is 0.127. The van der Waals surface area contributed by atoms with Crippen LogP contribution in [-0.4, -0.2) is 22.9 Å². The van der Waals surface area contributed by atoms with Crippen molar-refractivity contribution in [2.75, 3.05) is 0 Å². The van der Waals surface area contributed by atoms with Crippen molar-refractivity contribution >= 4 is 19.4 Å². The predicted molar refractivity (Wildman–Crippen MR) is 211 cm³/mol. The molecule has 0 aliphatic rings. The maximum Gasteiger partial charge on any atom is 3.00 e. The maximum absolute atomic E-state index is 4.93. The minimum Gasteiger partial charge on any atom is -0.374 e. The summed E-state index contributed by atoms with van der Waals surface area (Å²) in [6, 6.07) is 66.2. The molecule has 2 aromatic heterocycles. The standard InChI is InChI=1S/C31H17N2.C15H16N.CH3.B.Ir.2Y/c1-3-10-23(11-4-1)24-18-20-25(21-19-24)26-12-9-13-27(22-26)31-32-29-16-7-8-17-30(29)33(31)28-14-5-2-6-15-28;1-15(2,3)13-9-10-14(16-11-13)12-7-5-4-6-8-12;;;;;/h1-10,12,14-18,21H;4-7,9-11H,1-3H3;1H3;;;;/q-5;2*-1;;;;+3. The first kappa shape index (κ1) is 47.0. The Kier molecular flexibility index (Phi) is 19.0. The SMILES string of the molecule is CC(C)(C)c1ccc(-c2[c-]cccc2)nc1.[B].[CH3-].[Ir].[Y+3].[Y].[c-]1ccc(-c2[c-]cc(-c3[c-]cccc3)[c-]c2)[c-]c1-c1nc2ccccc2n1-c1ccccc1. The Morgan fingerprint density at radius 3 is 1.80 bits per heavy atom. The summed E-state index contributed by atoms with van der Waals surface area (Å²) in [5, 5.41) is 0. The summed E-state index contributed by atoms with van der Waals surface area (Å²) in [7, 11) is 0. The Morgan fingerprint density at radius 1 is 0.593 bits per heavy atom. The van der Waals surface area contributed by atoms with Gasteiger partial charge in [-0.1, -0.05) is 63.2 Å². The molecule has 8 aromatic rings. The number of aromatic nitrogens is 3. The van der Waals surface area contributed by atoms with Gasteiger partial charge in [-0.15, -0.1) is 42.0 Å². The molecule has 0 saturated carbocycles. The Hall–Kier alpha value is -3.14. The van der Waals surface area contributed by atoms with Gasteiger partial charge in [0.2, 0.25) is 0 Å². The summed E-state index contributed by atoms with van der Waals surface area (Å²) in [5.41, 5.74) is 11.1. The number of imidazole rings is 1. The zero-order valence-corrected chi connectivity index (χ0v) is 38.8. The fourth-order valence-electron chi connectivity index (χ4n) is 5.53. The number of benzene rings is 6. The summed E-state index contributed by atoms with van der Waals surface area (Å²) in [4.78, 5) is 9.41.